The minimum atomic E-state index is -0.962. The molecule has 3 aliphatic heterocycles. The second-order valence-corrected chi connectivity index (χ2v) is 8.19. The molecule has 0 spiro atoms. The number of rotatable bonds is 11. The summed E-state index contributed by atoms with van der Waals surface area (Å²) in [7, 11) is 1.60. The number of aliphatic hydroxyl groups is 1. The molecule has 3 fully saturated rings. The summed E-state index contributed by atoms with van der Waals surface area (Å²) in [5.74, 6) is 0. The quantitative estimate of drug-likeness (QED) is 0.403. The molecule has 0 bridgehead atoms. The second-order valence-electron chi connectivity index (χ2n) is 8.19. The largest absolute Gasteiger partial charge is 0.385 e. The maximum atomic E-state index is 10.9. The van der Waals surface area contributed by atoms with Gasteiger partial charge in [-0.05, 0) is 26.7 Å². The molecule has 0 aromatic carbocycles. The van der Waals surface area contributed by atoms with Crippen LogP contribution in [0, 0.1) is 0 Å². The van der Waals surface area contributed by atoms with Gasteiger partial charge < -0.3 is 38.3 Å². The van der Waals surface area contributed by atoms with E-state index in [-0.39, 0.29) is 42.9 Å². The van der Waals surface area contributed by atoms with Crippen LogP contribution in [0.1, 0.15) is 53.4 Å². The van der Waals surface area contributed by atoms with Crippen LogP contribution in [0.25, 0.3) is 0 Å². The van der Waals surface area contributed by atoms with Crippen LogP contribution in [0.5, 0.6) is 0 Å². The Labute approximate surface area is 174 Å². The zero-order valence-electron chi connectivity index (χ0n) is 18.3. The molecule has 8 nitrogen and oxygen atoms in total. The van der Waals surface area contributed by atoms with E-state index in [1.807, 2.05) is 13.8 Å². The molecule has 0 radical (unpaired) electrons. The van der Waals surface area contributed by atoms with E-state index in [1.54, 1.807) is 7.11 Å². The van der Waals surface area contributed by atoms with Gasteiger partial charge in [-0.15, -0.1) is 0 Å². The molecular formula is C21H38O8. The lowest BCUT2D eigenvalue weighted by Gasteiger charge is -2.44. The fraction of sp³-hybridized carbons (Fsp3) is 1.00. The first-order valence-corrected chi connectivity index (χ1v) is 11.1. The Morgan fingerprint density at radius 2 is 1.38 bits per heavy atom. The third kappa shape index (κ3) is 5.49. The van der Waals surface area contributed by atoms with Crippen molar-refractivity contribution in [3.63, 3.8) is 0 Å². The number of fused-ring (bicyclic) bond motifs is 1. The van der Waals surface area contributed by atoms with Crippen molar-refractivity contribution >= 4 is 0 Å². The Hall–Kier alpha value is -0.320. The Balaban J connectivity index is 1.58. The molecule has 0 aliphatic carbocycles. The fourth-order valence-corrected chi connectivity index (χ4v) is 4.06. The number of ether oxygens (including phenoxy) is 7. The fourth-order valence-electron chi connectivity index (χ4n) is 4.06. The molecule has 29 heavy (non-hydrogen) atoms. The first-order chi connectivity index (χ1) is 14.0. The Morgan fingerprint density at radius 1 is 0.759 bits per heavy atom. The van der Waals surface area contributed by atoms with Crippen LogP contribution >= 0.6 is 0 Å². The third-order valence-electron chi connectivity index (χ3n) is 5.87. The van der Waals surface area contributed by atoms with Crippen LogP contribution < -0.4 is 0 Å². The van der Waals surface area contributed by atoms with Crippen molar-refractivity contribution in [2.75, 3.05) is 20.3 Å². The summed E-state index contributed by atoms with van der Waals surface area (Å²) in [6.45, 7) is 9.28. The Kier molecular flexibility index (Phi) is 8.71. The highest BCUT2D eigenvalue weighted by Gasteiger charge is 2.59. The minimum Gasteiger partial charge on any atom is -0.385 e. The minimum absolute atomic E-state index is 0.115. The summed E-state index contributed by atoms with van der Waals surface area (Å²) in [4.78, 5) is 0. The molecule has 1 N–H and O–H groups in total. The molecule has 3 saturated heterocycles. The van der Waals surface area contributed by atoms with Gasteiger partial charge in [-0.3, -0.25) is 0 Å². The third-order valence-corrected chi connectivity index (χ3v) is 5.87. The number of methoxy groups -OCH3 is 1. The van der Waals surface area contributed by atoms with Gasteiger partial charge >= 0.3 is 0 Å². The van der Waals surface area contributed by atoms with Gasteiger partial charge in [-0.25, -0.2) is 0 Å². The van der Waals surface area contributed by atoms with Crippen LogP contribution in [-0.4, -0.2) is 86.8 Å². The van der Waals surface area contributed by atoms with E-state index in [4.69, 9.17) is 33.2 Å². The SMILES string of the molecule is CCCCO[C@H]1O[C@H](C)[C@@H](O[C@@H]2O[C@H](C)[C@@H](OC)[C@H](OCCCC)[C@H]2O)[C@H]2O[C@@H]12. The van der Waals surface area contributed by atoms with Crippen LogP contribution in [0.4, 0.5) is 0 Å². The summed E-state index contributed by atoms with van der Waals surface area (Å²) in [5, 5.41) is 10.9. The van der Waals surface area contributed by atoms with E-state index in [2.05, 4.69) is 13.8 Å². The van der Waals surface area contributed by atoms with E-state index in [1.165, 1.54) is 0 Å². The zero-order valence-corrected chi connectivity index (χ0v) is 18.3. The normalized spacial score (nSPS) is 44.5. The average Bonchev–Trinajstić information content (AvgIpc) is 3.49. The van der Waals surface area contributed by atoms with Crippen molar-refractivity contribution in [1.29, 1.82) is 0 Å². The van der Waals surface area contributed by atoms with Crippen molar-refractivity contribution in [1.82, 2.24) is 0 Å². The molecule has 0 unspecified atom stereocenters. The van der Waals surface area contributed by atoms with Gasteiger partial charge in [0.2, 0.25) is 0 Å². The first-order valence-electron chi connectivity index (χ1n) is 11.1. The van der Waals surface area contributed by atoms with E-state index in [0.717, 1.165) is 25.7 Å². The van der Waals surface area contributed by atoms with Crippen molar-refractivity contribution < 1.29 is 38.3 Å². The van der Waals surface area contributed by atoms with Crippen molar-refractivity contribution in [2.24, 2.45) is 0 Å². The number of unbranched alkanes of at least 4 members (excludes halogenated alkanes) is 2. The summed E-state index contributed by atoms with van der Waals surface area (Å²) in [6.07, 6.45) is -0.123. The predicted molar refractivity (Wildman–Crippen MR) is 105 cm³/mol. The molecule has 0 aromatic heterocycles. The molecule has 10 atom stereocenters. The van der Waals surface area contributed by atoms with Crippen molar-refractivity contribution in [3.8, 4) is 0 Å². The molecular weight excluding hydrogens is 380 g/mol. The average molecular weight is 419 g/mol. The van der Waals surface area contributed by atoms with E-state index >= 15 is 0 Å². The highest BCUT2D eigenvalue weighted by molar-refractivity contribution is 5.01. The summed E-state index contributed by atoms with van der Waals surface area (Å²) >= 11 is 0. The van der Waals surface area contributed by atoms with E-state index in [9.17, 15) is 5.11 Å². The maximum absolute atomic E-state index is 10.9. The molecule has 0 saturated carbocycles. The van der Waals surface area contributed by atoms with E-state index < -0.39 is 18.5 Å². The van der Waals surface area contributed by atoms with Gasteiger partial charge in [0.1, 0.15) is 36.6 Å². The van der Waals surface area contributed by atoms with Gasteiger partial charge in [0.15, 0.2) is 12.6 Å². The highest BCUT2D eigenvalue weighted by atomic mass is 16.8. The molecule has 170 valence electrons. The maximum Gasteiger partial charge on any atom is 0.187 e. The van der Waals surface area contributed by atoms with Gasteiger partial charge in [-0.2, -0.15) is 0 Å². The standard InChI is InChI=1S/C21H38O8/c1-6-8-10-24-17-14(22)20(26-12(3)15(17)23-5)29-16-13(4)27-21(19-18(16)28-19)25-11-9-7-2/h12-22H,6-11H2,1-5H3/t12-,13-,14-,15-,16-,17-,18-,19-,20+,21+/m1/s1. The summed E-state index contributed by atoms with van der Waals surface area (Å²) < 4.78 is 41.2. The van der Waals surface area contributed by atoms with Crippen LogP contribution in [0.2, 0.25) is 0 Å². The molecule has 0 aromatic rings. The van der Waals surface area contributed by atoms with Crippen molar-refractivity contribution in [2.45, 2.75) is 115 Å². The van der Waals surface area contributed by atoms with Gasteiger partial charge in [0.05, 0.1) is 12.2 Å². The molecule has 3 heterocycles. The lowest BCUT2D eigenvalue weighted by atomic mass is 9.98. The number of epoxide rings is 1. The summed E-state index contributed by atoms with van der Waals surface area (Å²) in [6, 6.07) is 0. The molecule has 3 rings (SSSR count). The van der Waals surface area contributed by atoms with Crippen LogP contribution in [0.15, 0.2) is 0 Å². The van der Waals surface area contributed by atoms with Crippen LogP contribution in [0.3, 0.4) is 0 Å². The monoisotopic (exact) mass is 418 g/mol. The van der Waals surface area contributed by atoms with Gasteiger partial charge in [0.25, 0.3) is 0 Å². The first kappa shape index (κ1) is 23.3. The molecule has 3 aliphatic rings. The Morgan fingerprint density at radius 3 is 2.03 bits per heavy atom. The molecule has 8 heteroatoms. The topological polar surface area (TPSA) is 88.1 Å². The van der Waals surface area contributed by atoms with Crippen molar-refractivity contribution in [3.05, 3.63) is 0 Å². The number of hydrogen-bond donors (Lipinski definition) is 1. The summed E-state index contributed by atoms with van der Waals surface area (Å²) in [5.41, 5.74) is 0. The Bertz CT molecular complexity index is 489. The molecule has 0 amide bonds. The van der Waals surface area contributed by atoms with E-state index in [0.29, 0.717) is 13.2 Å². The highest BCUT2D eigenvalue weighted by Crippen LogP contribution is 2.41. The predicted octanol–water partition coefficient (Wildman–Crippen LogP) is 2.01. The van der Waals surface area contributed by atoms with Crippen LogP contribution in [-0.2, 0) is 33.2 Å². The van der Waals surface area contributed by atoms with Gasteiger partial charge in [0, 0.05) is 20.3 Å². The lowest BCUT2D eigenvalue weighted by molar-refractivity contribution is -0.327. The lowest BCUT2D eigenvalue weighted by Crippen LogP contribution is -2.61. The second kappa shape index (κ2) is 10.8. The zero-order chi connectivity index (χ0) is 21.0. The van der Waals surface area contributed by atoms with Gasteiger partial charge in [-0.1, -0.05) is 26.7 Å². The number of aliphatic hydroxyl groups excluding tert-OH is 1. The smallest absolute Gasteiger partial charge is 0.187 e. The number of hydrogen-bond acceptors (Lipinski definition) is 8.